The summed E-state index contributed by atoms with van der Waals surface area (Å²) in [6.07, 6.45) is 0. The summed E-state index contributed by atoms with van der Waals surface area (Å²) in [4.78, 5) is 0. The van der Waals surface area contributed by atoms with Gasteiger partial charge in [0.05, 0.1) is 0 Å². The summed E-state index contributed by atoms with van der Waals surface area (Å²) < 4.78 is 13.7. The lowest BCUT2D eigenvalue weighted by Gasteiger charge is -2.22. The molecule has 2 N–H and O–H groups in total. The minimum atomic E-state index is -0.513. The first-order chi connectivity index (χ1) is 7.51. The van der Waals surface area contributed by atoms with Crippen molar-refractivity contribution >= 4 is 16.5 Å². The number of aromatic nitrogens is 2. The third-order valence-corrected chi connectivity index (χ3v) is 3.60. The number of hydrogen-bond acceptors (Lipinski definition) is 4. The van der Waals surface area contributed by atoms with Crippen LogP contribution in [0.4, 0.5) is 9.52 Å². The molecular weight excluding hydrogens is 225 g/mol. The molecule has 0 bridgehead atoms. The van der Waals surface area contributed by atoms with E-state index in [-0.39, 0.29) is 5.82 Å². The molecule has 0 radical (unpaired) electrons. The lowest BCUT2D eigenvalue weighted by molar-refractivity contribution is 0.543. The molecule has 1 aromatic carbocycles. The van der Waals surface area contributed by atoms with Crippen LogP contribution in [0.2, 0.25) is 0 Å². The number of halogens is 1. The molecule has 1 aromatic heterocycles. The van der Waals surface area contributed by atoms with Gasteiger partial charge in [-0.05, 0) is 19.9 Å². The lowest BCUT2D eigenvalue weighted by atomic mass is 9.85. The van der Waals surface area contributed by atoms with E-state index in [1.54, 1.807) is 12.1 Å². The summed E-state index contributed by atoms with van der Waals surface area (Å²) in [7, 11) is 0. The first-order valence-electron chi connectivity index (χ1n) is 4.86. The minimum Gasteiger partial charge on any atom is -0.374 e. The molecule has 1 heterocycles. The van der Waals surface area contributed by atoms with E-state index in [0.717, 1.165) is 5.01 Å². The maximum Gasteiger partial charge on any atom is 0.203 e. The largest absolute Gasteiger partial charge is 0.374 e. The highest BCUT2D eigenvalue weighted by Gasteiger charge is 2.29. The van der Waals surface area contributed by atoms with Crippen molar-refractivity contribution < 1.29 is 4.39 Å². The monoisotopic (exact) mass is 237 g/mol. The molecule has 0 aliphatic carbocycles. The Kier molecular flexibility index (Phi) is 2.63. The van der Waals surface area contributed by atoms with Gasteiger partial charge in [-0.3, -0.25) is 0 Å². The number of hydrogen-bond donors (Lipinski definition) is 1. The molecule has 0 fully saturated rings. The van der Waals surface area contributed by atoms with E-state index in [9.17, 15) is 4.39 Å². The standard InChI is InChI=1S/C11H12FN3S/c1-11(2,9-14-15-10(13)16-9)7-5-3-4-6-8(7)12/h3-6H,1-2H3,(H2,13,15). The maximum absolute atomic E-state index is 13.7. The molecule has 0 aliphatic rings. The van der Waals surface area contributed by atoms with Gasteiger partial charge in [0.25, 0.3) is 0 Å². The second-order valence-corrected chi connectivity index (χ2v) is 5.06. The van der Waals surface area contributed by atoms with E-state index in [4.69, 9.17) is 5.73 Å². The normalized spacial score (nSPS) is 11.7. The van der Waals surface area contributed by atoms with Crippen LogP contribution in [0.3, 0.4) is 0 Å². The Bertz CT molecular complexity index is 507. The summed E-state index contributed by atoms with van der Waals surface area (Å²) in [6.45, 7) is 3.82. The van der Waals surface area contributed by atoms with E-state index < -0.39 is 5.41 Å². The Hall–Kier alpha value is -1.49. The van der Waals surface area contributed by atoms with Crippen LogP contribution in [0.1, 0.15) is 24.4 Å². The predicted molar refractivity (Wildman–Crippen MR) is 62.8 cm³/mol. The number of nitrogen functional groups attached to an aromatic ring is 1. The Balaban J connectivity index is 2.50. The number of nitrogens with zero attached hydrogens (tertiary/aromatic N) is 2. The molecule has 84 valence electrons. The first-order valence-corrected chi connectivity index (χ1v) is 5.68. The highest BCUT2D eigenvalue weighted by atomic mass is 32.1. The second kappa shape index (κ2) is 3.83. The zero-order valence-electron chi connectivity index (χ0n) is 9.07. The maximum atomic E-state index is 13.7. The van der Waals surface area contributed by atoms with Crippen molar-refractivity contribution in [1.82, 2.24) is 10.2 Å². The van der Waals surface area contributed by atoms with E-state index in [2.05, 4.69) is 10.2 Å². The lowest BCUT2D eigenvalue weighted by Crippen LogP contribution is -2.20. The Morgan fingerprint density at radius 2 is 1.94 bits per heavy atom. The van der Waals surface area contributed by atoms with Gasteiger partial charge in [0.2, 0.25) is 5.13 Å². The smallest absolute Gasteiger partial charge is 0.203 e. The fourth-order valence-electron chi connectivity index (χ4n) is 1.57. The van der Waals surface area contributed by atoms with Crippen molar-refractivity contribution in [2.45, 2.75) is 19.3 Å². The molecule has 0 aliphatic heterocycles. The van der Waals surface area contributed by atoms with Gasteiger partial charge < -0.3 is 5.73 Å². The number of anilines is 1. The number of benzene rings is 1. The second-order valence-electron chi connectivity index (χ2n) is 4.05. The van der Waals surface area contributed by atoms with Gasteiger partial charge >= 0.3 is 0 Å². The molecule has 2 rings (SSSR count). The highest BCUT2D eigenvalue weighted by molar-refractivity contribution is 7.15. The molecule has 0 saturated carbocycles. The summed E-state index contributed by atoms with van der Waals surface area (Å²) in [5.74, 6) is -0.235. The first kappa shape index (κ1) is 11.0. The molecule has 0 unspecified atom stereocenters. The zero-order valence-corrected chi connectivity index (χ0v) is 9.88. The van der Waals surface area contributed by atoms with Crippen LogP contribution in [-0.2, 0) is 5.41 Å². The molecule has 0 spiro atoms. The van der Waals surface area contributed by atoms with Crippen molar-refractivity contribution in [1.29, 1.82) is 0 Å². The van der Waals surface area contributed by atoms with Gasteiger partial charge in [0.15, 0.2) is 0 Å². The summed E-state index contributed by atoms with van der Waals surface area (Å²) in [6, 6.07) is 6.68. The van der Waals surface area contributed by atoms with Gasteiger partial charge in [-0.25, -0.2) is 4.39 Å². The van der Waals surface area contributed by atoms with E-state index in [0.29, 0.717) is 10.7 Å². The molecule has 0 saturated heterocycles. The molecule has 3 nitrogen and oxygen atoms in total. The average molecular weight is 237 g/mol. The molecule has 5 heteroatoms. The topological polar surface area (TPSA) is 51.8 Å². The summed E-state index contributed by atoms with van der Waals surface area (Å²) in [5, 5.41) is 8.86. The number of rotatable bonds is 2. The van der Waals surface area contributed by atoms with Crippen LogP contribution in [0, 0.1) is 5.82 Å². The van der Waals surface area contributed by atoms with E-state index in [1.807, 2.05) is 19.9 Å². The fourth-order valence-corrected chi connectivity index (χ4v) is 2.30. The predicted octanol–water partition coefficient (Wildman–Crippen LogP) is 2.59. The number of nitrogens with two attached hydrogens (primary N) is 1. The minimum absolute atomic E-state index is 0.235. The van der Waals surface area contributed by atoms with Gasteiger partial charge in [-0.2, -0.15) is 0 Å². The Labute approximate surface area is 97.1 Å². The van der Waals surface area contributed by atoms with E-state index in [1.165, 1.54) is 17.4 Å². The third kappa shape index (κ3) is 1.78. The summed E-state index contributed by atoms with van der Waals surface area (Å²) >= 11 is 1.29. The molecule has 0 atom stereocenters. The van der Waals surface area contributed by atoms with Crippen molar-refractivity contribution in [3.63, 3.8) is 0 Å². The molecule has 2 aromatic rings. The van der Waals surface area contributed by atoms with Crippen molar-refractivity contribution in [3.8, 4) is 0 Å². The van der Waals surface area contributed by atoms with Gasteiger partial charge in [0, 0.05) is 11.0 Å². The fraction of sp³-hybridized carbons (Fsp3) is 0.273. The van der Waals surface area contributed by atoms with Crippen LogP contribution in [0.5, 0.6) is 0 Å². The SMILES string of the molecule is CC(C)(c1nnc(N)s1)c1ccccc1F. The van der Waals surface area contributed by atoms with Crippen molar-refractivity contribution in [2.24, 2.45) is 0 Å². The Morgan fingerprint density at radius 3 is 2.50 bits per heavy atom. The molecular formula is C11H12FN3S. The van der Waals surface area contributed by atoms with Crippen LogP contribution in [0.25, 0.3) is 0 Å². The highest BCUT2D eigenvalue weighted by Crippen LogP contribution is 2.35. The van der Waals surface area contributed by atoms with Crippen molar-refractivity contribution in [3.05, 3.63) is 40.7 Å². The molecule has 0 amide bonds. The quantitative estimate of drug-likeness (QED) is 0.873. The molecule has 16 heavy (non-hydrogen) atoms. The van der Waals surface area contributed by atoms with Crippen LogP contribution < -0.4 is 5.73 Å². The van der Waals surface area contributed by atoms with E-state index >= 15 is 0 Å². The zero-order chi connectivity index (χ0) is 11.8. The van der Waals surface area contributed by atoms with Gasteiger partial charge in [0.1, 0.15) is 10.8 Å². The van der Waals surface area contributed by atoms with Gasteiger partial charge in [-0.1, -0.05) is 29.5 Å². The summed E-state index contributed by atoms with van der Waals surface area (Å²) in [5.41, 5.74) is 5.63. The average Bonchev–Trinajstić information content (AvgIpc) is 2.66. The Morgan fingerprint density at radius 1 is 1.25 bits per heavy atom. The van der Waals surface area contributed by atoms with Crippen LogP contribution in [0.15, 0.2) is 24.3 Å². The van der Waals surface area contributed by atoms with Crippen molar-refractivity contribution in [2.75, 3.05) is 5.73 Å². The van der Waals surface area contributed by atoms with Crippen LogP contribution in [-0.4, -0.2) is 10.2 Å². The van der Waals surface area contributed by atoms with Gasteiger partial charge in [-0.15, -0.1) is 10.2 Å². The third-order valence-electron chi connectivity index (χ3n) is 2.52. The van der Waals surface area contributed by atoms with Crippen LogP contribution >= 0.6 is 11.3 Å².